The normalized spacial score (nSPS) is 27.5. The number of hydrogen-bond donors (Lipinski definition) is 1. The monoisotopic (exact) mass is 322 g/mol. The van der Waals surface area contributed by atoms with E-state index >= 15 is 0 Å². The Labute approximate surface area is 137 Å². The Bertz CT molecular complexity index is 437. The highest BCUT2D eigenvalue weighted by molar-refractivity contribution is 6.74. The number of hydrogen-bond acceptors (Lipinski definition) is 3. The molecule has 4 heteroatoms. The fraction of sp³-hybridized carbons (Fsp3) is 0.778. The van der Waals surface area contributed by atoms with Crippen molar-refractivity contribution in [1.29, 1.82) is 0 Å². The summed E-state index contributed by atoms with van der Waals surface area (Å²) < 4.78 is 6.71. The van der Waals surface area contributed by atoms with E-state index in [-0.39, 0.29) is 5.04 Å². The molecule has 2 aliphatic rings. The molecule has 2 atom stereocenters. The van der Waals surface area contributed by atoms with Gasteiger partial charge in [0, 0.05) is 30.6 Å². The van der Waals surface area contributed by atoms with Gasteiger partial charge >= 0.3 is 0 Å². The molecule has 1 heterocycles. The molecule has 1 saturated carbocycles. The Morgan fingerprint density at radius 2 is 1.91 bits per heavy atom. The summed E-state index contributed by atoms with van der Waals surface area (Å²) >= 11 is 0. The number of nitrogens with two attached hydrogens (primary N) is 1. The highest BCUT2D eigenvalue weighted by Crippen LogP contribution is 2.39. The molecule has 0 aromatic carbocycles. The summed E-state index contributed by atoms with van der Waals surface area (Å²) in [7, 11) is -1.67. The molecule has 0 spiro atoms. The van der Waals surface area contributed by atoms with Crippen LogP contribution >= 0.6 is 0 Å². The molecular formula is C18H34N2OSi. The van der Waals surface area contributed by atoms with Gasteiger partial charge in [-0.05, 0) is 49.5 Å². The maximum atomic E-state index is 6.71. The van der Waals surface area contributed by atoms with E-state index in [9.17, 15) is 0 Å². The van der Waals surface area contributed by atoms with Crippen LogP contribution in [0.5, 0.6) is 0 Å². The first-order valence-corrected chi connectivity index (χ1v) is 11.7. The van der Waals surface area contributed by atoms with Crippen molar-refractivity contribution >= 4 is 8.32 Å². The van der Waals surface area contributed by atoms with Crippen LogP contribution in [0.25, 0.3) is 0 Å². The Kier molecular flexibility index (Phi) is 5.44. The van der Waals surface area contributed by atoms with Crippen molar-refractivity contribution in [1.82, 2.24) is 4.90 Å². The van der Waals surface area contributed by atoms with E-state index in [1.165, 1.54) is 25.7 Å². The van der Waals surface area contributed by atoms with E-state index in [4.69, 9.17) is 10.2 Å². The third kappa shape index (κ3) is 4.39. The molecule has 3 nitrogen and oxygen atoms in total. The van der Waals surface area contributed by atoms with Crippen molar-refractivity contribution in [3.63, 3.8) is 0 Å². The number of rotatable bonds is 3. The molecule has 0 radical (unpaired) electrons. The molecule has 2 unspecified atom stereocenters. The molecule has 1 aliphatic carbocycles. The van der Waals surface area contributed by atoms with Gasteiger partial charge in [0.2, 0.25) is 0 Å². The molecule has 0 bridgehead atoms. The second-order valence-electron chi connectivity index (χ2n) is 8.39. The van der Waals surface area contributed by atoms with Gasteiger partial charge in [-0.15, -0.1) is 0 Å². The summed E-state index contributed by atoms with van der Waals surface area (Å²) in [4.78, 5) is 2.45. The molecule has 0 saturated heterocycles. The first kappa shape index (κ1) is 17.6. The summed E-state index contributed by atoms with van der Waals surface area (Å²) in [6.07, 6.45) is 13.0. The first-order chi connectivity index (χ1) is 10.2. The van der Waals surface area contributed by atoms with Gasteiger partial charge in [-0.25, -0.2) is 0 Å². The van der Waals surface area contributed by atoms with Crippen molar-refractivity contribution in [3.05, 3.63) is 24.0 Å². The SMILES string of the molecule is CC(C)(C)[Si](C)(C)OC1CCCCC(N2C=CC(N)=CC2)C1. The predicted octanol–water partition coefficient (Wildman–Crippen LogP) is 4.38. The van der Waals surface area contributed by atoms with Gasteiger partial charge in [0.15, 0.2) is 8.32 Å². The van der Waals surface area contributed by atoms with Gasteiger partial charge in [0.1, 0.15) is 0 Å². The van der Waals surface area contributed by atoms with Crippen molar-refractivity contribution in [3.8, 4) is 0 Å². The number of allylic oxidation sites excluding steroid dienone is 1. The summed E-state index contributed by atoms with van der Waals surface area (Å²) in [5.74, 6) is 0. The van der Waals surface area contributed by atoms with Crippen molar-refractivity contribution < 1.29 is 4.43 Å². The van der Waals surface area contributed by atoms with Crippen molar-refractivity contribution in [2.24, 2.45) is 5.73 Å². The fourth-order valence-electron chi connectivity index (χ4n) is 3.09. The highest BCUT2D eigenvalue weighted by Gasteiger charge is 2.40. The van der Waals surface area contributed by atoms with Gasteiger partial charge < -0.3 is 15.1 Å². The van der Waals surface area contributed by atoms with Crippen LogP contribution in [-0.2, 0) is 4.43 Å². The zero-order valence-electron chi connectivity index (χ0n) is 15.1. The predicted molar refractivity (Wildman–Crippen MR) is 97.1 cm³/mol. The smallest absolute Gasteiger partial charge is 0.192 e. The molecule has 0 aromatic heterocycles. The molecule has 22 heavy (non-hydrogen) atoms. The zero-order chi connectivity index (χ0) is 16.4. The van der Waals surface area contributed by atoms with Crippen LogP contribution in [0.15, 0.2) is 24.0 Å². The van der Waals surface area contributed by atoms with Gasteiger partial charge in [-0.2, -0.15) is 0 Å². The van der Waals surface area contributed by atoms with Crippen LogP contribution in [0.2, 0.25) is 18.1 Å². The Morgan fingerprint density at radius 1 is 1.23 bits per heavy atom. The molecule has 1 aliphatic heterocycles. The van der Waals surface area contributed by atoms with E-state index in [1.807, 2.05) is 6.08 Å². The maximum absolute atomic E-state index is 6.71. The lowest BCUT2D eigenvalue weighted by Crippen LogP contribution is -2.45. The lowest BCUT2D eigenvalue weighted by atomic mass is 10.1. The Hall–Kier alpha value is -0.743. The first-order valence-electron chi connectivity index (χ1n) is 8.76. The van der Waals surface area contributed by atoms with Gasteiger partial charge in [-0.3, -0.25) is 0 Å². The zero-order valence-corrected chi connectivity index (χ0v) is 16.1. The van der Waals surface area contributed by atoms with Gasteiger partial charge in [-0.1, -0.05) is 33.6 Å². The second-order valence-corrected chi connectivity index (χ2v) is 13.1. The molecule has 2 rings (SSSR count). The number of nitrogens with zero attached hydrogens (tertiary/aromatic N) is 1. The lowest BCUT2D eigenvalue weighted by Gasteiger charge is -2.40. The molecule has 2 N–H and O–H groups in total. The average molecular weight is 323 g/mol. The van der Waals surface area contributed by atoms with E-state index in [2.05, 4.69) is 51.0 Å². The largest absolute Gasteiger partial charge is 0.414 e. The third-order valence-electron chi connectivity index (χ3n) is 5.58. The second kappa shape index (κ2) is 6.79. The highest BCUT2D eigenvalue weighted by atomic mass is 28.4. The van der Waals surface area contributed by atoms with Crippen molar-refractivity contribution in [2.45, 2.75) is 83.2 Å². The third-order valence-corrected chi connectivity index (χ3v) is 10.1. The molecule has 0 amide bonds. The average Bonchev–Trinajstić information content (AvgIpc) is 2.63. The van der Waals surface area contributed by atoms with Crippen molar-refractivity contribution in [2.75, 3.05) is 6.54 Å². The quantitative estimate of drug-likeness (QED) is 0.619. The van der Waals surface area contributed by atoms with E-state index < -0.39 is 8.32 Å². The molecular weight excluding hydrogens is 288 g/mol. The standard InChI is InChI=1S/C18H34N2OSi/c1-18(2,3)22(4,5)21-17-9-7-6-8-16(14-17)20-12-10-15(19)11-13-20/h10-12,16-17H,6-9,13-14,19H2,1-5H3. The van der Waals surface area contributed by atoms with Crippen LogP contribution < -0.4 is 5.73 Å². The molecule has 1 fully saturated rings. The fourth-order valence-corrected chi connectivity index (χ4v) is 4.49. The van der Waals surface area contributed by atoms with E-state index in [0.29, 0.717) is 12.1 Å². The van der Waals surface area contributed by atoms with Crippen LogP contribution in [0.3, 0.4) is 0 Å². The topological polar surface area (TPSA) is 38.5 Å². The summed E-state index contributed by atoms with van der Waals surface area (Å²) in [6.45, 7) is 12.7. The summed E-state index contributed by atoms with van der Waals surface area (Å²) in [5.41, 5.74) is 6.73. The minimum atomic E-state index is -1.67. The Morgan fingerprint density at radius 3 is 2.50 bits per heavy atom. The van der Waals surface area contributed by atoms with E-state index in [1.54, 1.807) is 0 Å². The Balaban J connectivity index is 2.00. The van der Waals surface area contributed by atoms with E-state index in [0.717, 1.165) is 18.7 Å². The lowest BCUT2D eigenvalue weighted by molar-refractivity contribution is 0.133. The summed E-state index contributed by atoms with van der Waals surface area (Å²) in [5, 5.41) is 0.289. The minimum absolute atomic E-state index is 0.289. The molecule has 0 aromatic rings. The van der Waals surface area contributed by atoms with Crippen LogP contribution in [-0.4, -0.2) is 31.9 Å². The van der Waals surface area contributed by atoms with Crippen LogP contribution in [0.4, 0.5) is 0 Å². The van der Waals surface area contributed by atoms with Gasteiger partial charge in [0.05, 0.1) is 0 Å². The minimum Gasteiger partial charge on any atom is -0.414 e. The van der Waals surface area contributed by atoms with Gasteiger partial charge in [0.25, 0.3) is 0 Å². The summed E-state index contributed by atoms with van der Waals surface area (Å²) in [6, 6.07) is 0.595. The molecule has 126 valence electrons. The van der Waals surface area contributed by atoms with Crippen LogP contribution in [0.1, 0.15) is 52.9 Å². The van der Waals surface area contributed by atoms with Crippen LogP contribution in [0, 0.1) is 0 Å². The maximum Gasteiger partial charge on any atom is 0.192 e.